The molecule has 27 heavy (non-hydrogen) atoms. The third-order valence-electron chi connectivity index (χ3n) is 3.23. The Morgan fingerprint density at radius 1 is 0.741 bits per heavy atom. The zero-order valence-corrected chi connectivity index (χ0v) is 12.0. The van der Waals surface area contributed by atoms with Gasteiger partial charge < -0.3 is 9.84 Å². The lowest BCUT2D eigenvalue weighted by Crippen LogP contribution is -2.75. The van der Waals surface area contributed by atoms with E-state index in [2.05, 4.69) is 9.73 Å². The van der Waals surface area contributed by atoms with Crippen molar-refractivity contribution in [3.63, 3.8) is 0 Å². The number of hydrogen-bond acceptors (Lipinski definition) is 3. The van der Waals surface area contributed by atoms with Crippen LogP contribution in [-0.4, -0.2) is 65.8 Å². The molecule has 1 unspecified atom stereocenters. The standard InChI is InChI=1S/C10H5F14NO2/c11-5(12,13)3-4(26,27-2-1-25-3)6(14,15)7(16,17)8(18,19)9(20,21)10(22,23)24/h26H,1-2H2. The first kappa shape index (κ1) is 23.6. The molecule has 1 atom stereocenters. The number of halogens is 14. The molecule has 0 fully saturated rings. The first-order valence-corrected chi connectivity index (χ1v) is 6.15. The third kappa shape index (κ3) is 3.11. The highest BCUT2D eigenvalue weighted by molar-refractivity contribution is 5.97. The van der Waals surface area contributed by atoms with E-state index in [1.54, 1.807) is 0 Å². The predicted octanol–water partition coefficient (Wildman–Crippen LogP) is 3.81. The maximum atomic E-state index is 13.8. The molecular formula is C10H5F14NO2. The second-order valence-electron chi connectivity index (χ2n) is 5.02. The summed E-state index contributed by atoms with van der Waals surface area (Å²) in [7, 11) is 0. The molecule has 0 aromatic rings. The Morgan fingerprint density at radius 3 is 1.56 bits per heavy atom. The van der Waals surface area contributed by atoms with Crippen molar-refractivity contribution in [2.75, 3.05) is 13.2 Å². The van der Waals surface area contributed by atoms with Crippen LogP contribution in [0.4, 0.5) is 61.5 Å². The molecule has 3 nitrogen and oxygen atoms in total. The summed E-state index contributed by atoms with van der Waals surface area (Å²) in [6.45, 7) is -2.71. The summed E-state index contributed by atoms with van der Waals surface area (Å²) < 4.78 is 183. The minimum Gasteiger partial charge on any atom is -0.356 e. The quantitative estimate of drug-likeness (QED) is 0.680. The normalized spacial score (nSPS) is 24.0. The van der Waals surface area contributed by atoms with Crippen molar-refractivity contribution in [2.24, 2.45) is 4.99 Å². The molecule has 17 heteroatoms. The minimum atomic E-state index is -8.00. The van der Waals surface area contributed by atoms with Crippen LogP contribution in [0.5, 0.6) is 0 Å². The fourth-order valence-electron chi connectivity index (χ4n) is 1.83. The summed E-state index contributed by atoms with van der Waals surface area (Å²) in [5.41, 5.74) is -3.32. The average molecular weight is 437 g/mol. The van der Waals surface area contributed by atoms with E-state index in [4.69, 9.17) is 0 Å². The van der Waals surface area contributed by atoms with Gasteiger partial charge in [0.25, 0.3) is 5.79 Å². The molecule has 0 aromatic carbocycles. The summed E-state index contributed by atoms with van der Waals surface area (Å²) in [4.78, 5) is 2.18. The molecule has 1 heterocycles. The Labute approximate surface area is 138 Å². The van der Waals surface area contributed by atoms with Crippen molar-refractivity contribution in [3.05, 3.63) is 0 Å². The highest BCUT2D eigenvalue weighted by Crippen LogP contribution is 2.60. The van der Waals surface area contributed by atoms with E-state index in [1.807, 2.05) is 0 Å². The van der Waals surface area contributed by atoms with Gasteiger partial charge in [0, 0.05) is 0 Å². The largest absolute Gasteiger partial charge is 0.460 e. The van der Waals surface area contributed by atoms with E-state index >= 15 is 0 Å². The molecular weight excluding hydrogens is 432 g/mol. The lowest BCUT2D eigenvalue weighted by atomic mass is 9.89. The van der Waals surface area contributed by atoms with Crippen molar-refractivity contribution in [1.29, 1.82) is 0 Å². The zero-order chi connectivity index (χ0) is 21.9. The first-order chi connectivity index (χ1) is 11.6. The monoisotopic (exact) mass is 437 g/mol. The smallest absolute Gasteiger partial charge is 0.356 e. The average Bonchev–Trinajstić information content (AvgIpc) is 2.44. The number of aliphatic imine (C=N–C) groups is 1. The highest BCUT2D eigenvalue weighted by Gasteiger charge is 2.91. The van der Waals surface area contributed by atoms with Crippen molar-refractivity contribution in [3.8, 4) is 0 Å². The van der Waals surface area contributed by atoms with Gasteiger partial charge in [-0.1, -0.05) is 0 Å². The van der Waals surface area contributed by atoms with Crippen LogP contribution in [0.25, 0.3) is 0 Å². The summed E-state index contributed by atoms with van der Waals surface area (Å²) in [5, 5.41) is 9.20. The number of nitrogens with zero attached hydrogens (tertiary/aromatic N) is 1. The molecule has 0 spiro atoms. The Bertz CT molecular complexity index is 606. The molecule has 0 aromatic heterocycles. The molecule has 1 aliphatic rings. The maximum absolute atomic E-state index is 13.8. The summed E-state index contributed by atoms with van der Waals surface area (Å²) >= 11 is 0. The maximum Gasteiger partial charge on any atom is 0.460 e. The number of ether oxygens (including phenoxy) is 1. The first-order valence-electron chi connectivity index (χ1n) is 6.15. The van der Waals surface area contributed by atoms with E-state index in [1.165, 1.54) is 0 Å². The van der Waals surface area contributed by atoms with E-state index in [0.717, 1.165) is 0 Å². The van der Waals surface area contributed by atoms with Crippen LogP contribution in [0.2, 0.25) is 0 Å². The van der Waals surface area contributed by atoms with Gasteiger partial charge in [-0.15, -0.1) is 0 Å². The summed E-state index contributed by atoms with van der Waals surface area (Å²) in [6, 6.07) is 0. The van der Waals surface area contributed by atoms with Crippen LogP contribution >= 0.6 is 0 Å². The summed E-state index contributed by atoms with van der Waals surface area (Å²) in [5.74, 6) is -36.8. The third-order valence-corrected chi connectivity index (χ3v) is 3.23. The SMILES string of the molecule is OC1(C(F)(F)C(F)(F)C(F)(F)C(F)(F)C(F)(F)F)OCCN=C1C(F)(F)F. The molecule has 0 saturated heterocycles. The Kier molecular flexibility index (Phi) is 5.30. The number of hydrogen-bond donors (Lipinski definition) is 1. The van der Waals surface area contributed by atoms with Crippen LogP contribution in [-0.2, 0) is 4.74 Å². The zero-order valence-electron chi connectivity index (χ0n) is 12.0. The molecule has 1 aliphatic heterocycles. The van der Waals surface area contributed by atoms with Gasteiger partial charge in [0.1, 0.15) is 0 Å². The van der Waals surface area contributed by atoms with Gasteiger partial charge in [0.05, 0.1) is 13.2 Å². The van der Waals surface area contributed by atoms with E-state index in [-0.39, 0.29) is 0 Å². The molecule has 0 aliphatic carbocycles. The van der Waals surface area contributed by atoms with Gasteiger partial charge in [0.15, 0.2) is 5.71 Å². The Morgan fingerprint density at radius 2 is 1.19 bits per heavy atom. The number of alkyl halides is 14. The molecule has 0 radical (unpaired) electrons. The molecule has 0 saturated carbocycles. The Balaban J connectivity index is 3.64. The summed E-state index contributed by atoms with van der Waals surface area (Å²) in [6.07, 6.45) is -13.7. The molecule has 1 rings (SSSR count). The van der Waals surface area contributed by atoms with Crippen molar-refractivity contribution >= 4 is 5.71 Å². The number of aliphatic hydroxyl groups is 1. The lowest BCUT2D eigenvalue weighted by molar-refractivity contribution is -0.448. The topological polar surface area (TPSA) is 41.8 Å². The van der Waals surface area contributed by atoms with Gasteiger partial charge in [-0.2, -0.15) is 61.5 Å². The van der Waals surface area contributed by atoms with Gasteiger partial charge >= 0.3 is 36.0 Å². The van der Waals surface area contributed by atoms with Gasteiger partial charge in [-0.25, -0.2) is 0 Å². The fraction of sp³-hybridized carbons (Fsp3) is 0.900. The van der Waals surface area contributed by atoms with Crippen LogP contribution in [0.15, 0.2) is 4.99 Å². The van der Waals surface area contributed by atoms with E-state index in [9.17, 15) is 66.6 Å². The second kappa shape index (κ2) is 6.05. The molecule has 0 amide bonds. The highest BCUT2D eigenvalue weighted by atomic mass is 19.4. The van der Waals surface area contributed by atoms with Crippen LogP contribution in [0.1, 0.15) is 0 Å². The number of rotatable bonds is 4. The van der Waals surface area contributed by atoms with Crippen molar-refractivity contribution < 1.29 is 71.3 Å². The fourth-order valence-corrected chi connectivity index (χ4v) is 1.83. The molecule has 0 bridgehead atoms. The second-order valence-corrected chi connectivity index (χ2v) is 5.02. The lowest BCUT2D eigenvalue weighted by Gasteiger charge is -2.44. The van der Waals surface area contributed by atoms with Crippen molar-refractivity contribution in [2.45, 2.75) is 41.8 Å². The predicted molar refractivity (Wildman–Crippen MR) is 55.1 cm³/mol. The van der Waals surface area contributed by atoms with Crippen LogP contribution in [0.3, 0.4) is 0 Å². The van der Waals surface area contributed by atoms with Crippen LogP contribution < -0.4 is 0 Å². The minimum absolute atomic E-state index is 1.20. The van der Waals surface area contributed by atoms with Crippen molar-refractivity contribution in [1.82, 2.24) is 0 Å². The van der Waals surface area contributed by atoms with Gasteiger partial charge in [-0.05, 0) is 0 Å². The van der Waals surface area contributed by atoms with Gasteiger partial charge in [-0.3, -0.25) is 4.99 Å². The van der Waals surface area contributed by atoms with Crippen LogP contribution in [0, 0.1) is 0 Å². The van der Waals surface area contributed by atoms with E-state index in [0.29, 0.717) is 0 Å². The van der Waals surface area contributed by atoms with Gasteiger partial charge in [0.2, 0.25) is 0 Å². The molecule has 1 N–H and O–H groups in total. The Hall–Kier alpha value is -1.39. The van der Waals surface area contributed by atoms with E-state index < -0.39 is 60.7 Å². The molecule has 160 valence electrons.